The van der Waals surface area contributed by atoms with E-state index in [9.17, 15) is 27.2 Å². The predicted octanol–water partition coefficient (Wildman–Crippen LogP) is 5.73. The summed E-state index contributed by atoms with van der Waals surface area (Å²) in [6.07, 6.45) is 4.07. The number of pyridine rings is 1. The summed E-state index contributed by atoms with van der Waals surface area (Å²) in [7, 11) is -4.04. The van der Waals surface area contributed by atoms with E-state index in [2.05, 4.69) is 9.62 Å². The fraction of sp³-hybridized carbons (Fsp3) is 0.500. The molecule has 3 aromatic rings. The van der Waals surface area contributed by atoms with Crippen molar-refractivity contribution in [1.82, 2.24) is 4.57 Å². The van der Waals surface area contributed by atoms with Gasteiger partial charge in [-0.2, -0.15) is 0 Å². The zero-order valence-corrected chi connectivity index (χ0v) is 29.1. The lowest BCUT2D eigenvalue weighted by molar-refractivity contribution is -0.128. The lowest BCUT2D eigenvalue weighted by Crippen LogP contribution is -2.47. The van der Waals surface area contributed by atoms with Crippen LogP contribution in [0, 0.1) is 28.5 Å². The highest BCUT2D eigenvalue weighted by atomic mass is 32.2. The molecule has 11 heteroatoms. The van der Waals surface area contributed by atoms with Crippen molar-refractivity contribution in [2.75, 3.05) is 33.4 Å². The lowest BCUT2D eigenvalue weighted by Gasteiger charge is -2.44. The van der Waals surface area contributed by atoms with Gasteiger partial charge in [0.05, 0.1) is 22.5 Å². The minimum atomic E-state index is -4.04. The van der Waals surface area contributed by atoms with Crippen LogP contribution in [-0.2, 0) is 27.8 Å². The number of ketones is 1. The Kier molecular flexibility index (Phi) is 7.41. The van der Waals surface area contributed by atoms with Crippen LogP contribution in [0.5, 0.6) is 0 Å². The van der Waals surface area contributed by atoms with Gasteiger partial charge >= 0.3 is 0 Å². The number of hydrogen-bond acceptors (Lipinski definition) is 6. The number of fused-ring (bicyclic) bond motifs is 7. The summed E-state index contributed by atoms with van der Waals surface area (Å²) in [6.45, 7) is 7.81. The lowest BCUT2D eigenvalue weighted by atomic mass is 9.70. The molecule has 5 aliphatic rings. The normalized spacial score (nSPS) is 28.3. The smallest absolute Gasteiger partial charge is 0.258 e. The van der Waals surface area contributed by atoms with Crippen molar-refractivity contribution in [1.29, 1.82) is 0 Å². The summed E-state index contributed by atoms with van der Waals surface area (Å²) in [5.41, 5.74) is 2.30. The number of benzene rings is 2. The molecule has 3 fully saturated rings. The number of nitrogens with zero attached hydrogens (tertiary/aromatic N) is 3. The summed E-state index contributed by atoms with van der Waals surface area (Å²) in [5.74, 6) is -0.464. The molecule has 0 radical (unpaired) electrons. The third-order valence-electron chi connectivity index (χ3n) is 12.7. The number of aromatic nitrogens is 1. The quantitative estimate of drug-likeness (QED) is 0.355. The largest absolute Gasteiger partial charge is 0.369 e. The van der Waals surface area contributed by atoms with Gasteiger partial charge in [0.15, 0.2) is 0 Å². The molecule has 1 saturated heterocycles. The predicted molar refractivity (Wildman–Crippen MR) is 187 cm³/mol. The first-order valence-electron chi connectivity index (χ1n) is 17.5. The number of sulfonamides is 1. The summed E-state index contributed by atoms with van der Waals surface area (Å²) in [4.78, 5) is 44.1. The first-order chi connectivity index (χ1) is 23.3. The highest BCUT2D eigenvalue weighted by Crippen LogP contribution is 2.64. The molecular formula is C38H43FN4O5S. The Morgan fingerprint density at radius 2 is 1.80 bits per heavy atom. The fourth-order valence-electron chi connectivity index (χ4n) is 9.92. The zero-order chi connectivity index (χ0) is 34.5. The first kappa shape index (κ1) is 32.2. The van der Waals surface area contributed by atoms with E-state index in [1.807, 2.05) is 37.5 Å². The second-order valence-corrected chi connectivity index (χ2v) is 17.4. The third-order valence-corrected chi connectivity index (χ3v) is 14.1. The number of anilines is 3. The van der Waals surface area contributed by atoms with Gasteiger partial charge in [0.1, 0.15) is 11.6 Å². The fourth-order valence-corrected chi connectivity index (χ4v) is 11.8. The van der Waals surface area contributed by atoms with E-state index in [4.69, 9.17) is 0 Å². The van der Waals surface area contributed by atoms with Crippen molar-refractivity contribution in [2.24, 2.45) is 22.7 Å². The number of amides is 1. The maximum atomic E-state index is 14.3. The van der Waals surface area contributed by atoms with Crippen molar-refractivity contribution < 1.29 is 22.4 Å². The minimum absolute atomic E-state index is 0.00821. The third kappa shape index (κ3) is 5.13. The minimum Gasteiger partial charge on any atom is -0.369 e. The summed E-state index contributed by atoms with van der Waals surface area (Å²) in [6, 6.07) is 14.9. The number of halogens is 1. The van der Waals surface area contributed by atoms with Crippen molar-refractivity contribution in [3.8, 4) is 0 Å². The van der Waals surface area contributed by atoms with E-state index in [0.717, 1.165) is 24.1 Å². The van der Waals surface area contributed by atoms with Crippen molar-refractivity contribution >= 4 is 38.8 Å². The molecule has 9 nitrogen and oxygen atoms in total. The summed E-state index contributed by atoms with van der Waals surface area (Å²) in [5, 5.41) is 0. The average Bonchev–Trinajstić information content (AvgIpc) is 3.39. The van der Waals surface area contributed by atoms with Crippen LogP contribution in [0.2, 0.25) is 0 Å². The topological polar surface area (TPSA) is 109 Å². The molecule has 2 aliphatic carbocycles. The molecular weight excluding hydrogens is 644 g/mol. The molecule has 2 saturated carbocycles. The van der Waals surface area contributed by atoms with E-state index < -0.39 is 20.9 Å². The Morgan fingerprint density at radius 3 is 2.55 bits per heavy atom. The number of piperidine rings is 1. The van der Waals surface area contributed by atoms with Crippen LogP contribution >= 0.6 is 0 Å². The van der Waals surface area contributed by atoms with Crippen molar-refractivity contribution in [3.05, 3.63) is 87.6 Å². The van der Waals surface area contributed by atoms with Gasteiger partial charge < -0.3 is 14.4 Å². The van der Waals surface area contributed by atoms with Gasteiger partial charge in [0, 0.05) is 61.0 Å². The van der Waals surface area contributed by atoms with Gasteiger partial charge in [-0.05, 0) is 104 Å². The molecule has 5 atom stereocenters. The second-order valence-electron chi connectivity index (χ2n) is 15.7. The number of carbonyl (C=O) groups is 2. The van der Waals surface area contributed by atoms with E-state index >= 15 is 0 Å². The van der Waals surface area contributed by atoms with Crippen LogP contribution in [0.4, 0.5) is 21.5 Å². The summed E-state index contributed by atoms with van der Waals surface area (Å²) >= 11 is 0. The Bertz CT molecular complexity index is 2060. The van der Waals surface area contributed by atoms with Crippen LogP contribution in [-0.4, -0.2) is 49.6 Å². The second kappa shape index (κ2) is 11.3. The number of nitrogens with one attached hydrogen (secondary N) is 1. The van der Waals surface area contributed by atoms with Gasteiger partial charge in [0.25, 0.3) is 11.5 Å². The van der Waals surface area contributed by atoms with E-state index in [-0.39, 0.29) is 52.6 Å². The molecule has 258 valence electrons. The maximum Gasteiger partial charge on any atom is 0.258 e. The molecule has 49 heavy (non-hydrogen) atoms. The van der Waals surface area contributed by atoms with Gasteiger partial charge in [0.2, 0.25) is 10.0 Å². The van der Waals surface area contributed by atoms with E-state index in [1.54, 1.807) is 35.2 Å². The molecule has 5 unspecified atom stereocenters. The highest BCUT2D eigenvalue weighted by Gasteiger charge is 2.65. The number of hydrogen-bond donors (Lipinski definition) is 1. The Morgan fingerprint density at radius 1 is 1.00 bits per heavy atom. The number of rotatable bonds is 6. The Labute approximate surface area is 286 Å². The van der Waals surface area contributed by atoms with Crippen LogP contribution < -0.4 is 20.1 Å². The molecule has 0 spiro atoms. The Balaban J connectivity index is 1.17. The molecule has 3 aliphatic heterocycles. The molecule has 4 heterocycles. The maximum absolute atomic E-state index is 14.3. The van der Waals surface area contributed by atoms with Gasteiger partial charge in [-0.3, -0.25) is 19.1 Å². The average molecular weight is 687 g/mol. The van der Waals surface area contributed by atoms with Gasteiger partial charge in [-0.15, -0.1) is 0 Å². The summed E-state index contributed by atoms with van der Waals surface area (Å²) < 4.78 is 47.2. The van der Waals surface area contributed by atoms with Crippen LogP contribution in [0.25, 0.3) is 0 Å². The highest BCUT2D eigenvalue weighted by molar-refractivity contribution is 7.92. The number of aryl methyl sites for hydroxylation is 1. The number of carbonyl (C=O) groups excluding carboxylic acids is 2. The van der Waals surface area contributed by atoms with Crippen LogP contribution in [0.1, 0.15) is 80.4 Å². The first-order valence-corrected chi connectivity index (χ1v) is 19.2. The zero-order valence-electron chi connectivity index (χ0n) is 28.2. The number of Topliss-reactive ketones (excluding diaryl/α,β-unsaturated/α-hetero) is 1. The standard InChI is InChI=1S/C38H43FN4O5S/c1-23-7-8-25-16-29(39)10-12-32(25)43(23)36(46)26-9-11-33(41-19-24-15-27(21-41)31-5-4-6-35(45)42(31)20-24)30(17-26)40-49(47,48)22-38-14-13-28(18-34(38)44)37(38,2)3/h4-6,9-12,16-17,23-24,27-28,40H,7-8,13-15,18-22H2,1-3H3. The van der Waals surface area contributed by atoms with Crippen molar-refractivity contribution in [3.63, 3.8) is 0 Å². The SMILES string of the molecule is CC1CCc2cc(F)ccc2N1C(=O)c1ccc(N2CC3CC(C2)c2cccc(=O)n2C3)c(NS(=O)(=O)CC23CCC(CC2=O)C3(C)C)c1. The van der Waals surface area contributed by atoms with Crippen LogP contribution in [0.3, 0.4) is 0 Å². The monoisotopic (exact) mass is 686 g/mol. The molecule has 1 amide bonds. The van der Waals surface area contributed by atoms with Gasteiger partial charge in [-0.25, -0.2) is 12.8 Å². The molecule has 1 N–H and O–H groups in total. The molecule has 4 bridgehead atoms. The molecule has 1 aromatic heterocycles. The van der Waals surface area contributed by atoms with Gasteiger partial charge in [-0.1, -0.05) is 19.9 Å². The molecule has 2 aromatic carbocycles. The van der Waals surface area contributed by atoms with Crippen molar-refractivity contribution in [2.45, 2.75) is 77.8 Å². The Hall–Kier alpha value is -3.99. The van der Waals surface area contributed by atoms with Crippen LogP contribution in [0.15, 0.2) is 59.4 Å². The van der Waals surface area contributed by atoms with E-state index in [1.165, 1.54) is 12.1 Å². The molecule has 8 rings (SSSR count). The van der Waals surface area contributed by atoms with E-state index in [0.29, 0.717) is 67.9 Å².